The Bertz CT molecular complexity index is 1290. The van der Waals surface area contributed by atoms with E-state index in [0.717, 1.165) is 5.56 Å². The van der Waals surface area contributed by atoms with Crippen molar-refractivity contribution < 1.29 is 33.7 Å². The Morgan fingerprint density at radius 2 is 1.39 bits per heavy atom. The number of benzene rings is 3. The summed E-state index contributed by atoms with van der Waals surface area (Å²) in [5, 5.41) is 9.15. The maximum atomic E-state index is 13.0. The first-order valence-corrected chi connectivity index (χ1v) is 11.7. The molecule has 0 aliphatic rings. The molecule has 1 unspecified atom stereocenters. The molecule has 3 N–H and O–H groups in total. The van der Waals surface area contributed by atoms with Gasteiger partial charge < -0.3 is 30.0 Å². The zero-order valence-corrected chi connectivity index (χ0v) is 21.6. The van der Waals surface area contributed by atoms with Crippen LogP contribution in [0.2, 0.25) is 0 Å². The van der Waals surface area contributed by atoms with Crippen LogP contribution in [0.5, 0.6) is 23.0 Å². The van der Waals surface area contributed by atoms with E-state index in [0.29, 0.717) is 39.7 Å². The Balaban J connectivity index is 1.82. The molecule has 0 radical (unpaired) electrons. The normalized spacial score (nSPS) is 11.8. The van der Waals surface area contributed by atoms with Gasteiger partial charge in [0.1, 0.15) is 28.9 Å². The van der Waals surface area contributed by atoms with E-state index in [1.165, 1.54) is 4.90 Å². The van der Waals surface area contributed by atoms with Crippen LogP contribution in [0.1, 0.15) is 16.7 Å². The molecule has 0 heterocycles. The minimum absolute atomic E-state index is 0.00613. The molecule has 3 aromatic carbocycles. The van der Waals surface area contributed by atoms with Gasteiger partial charge in [-0.05, 0) is 65.6 Å². The lowest BCUT2D eigenvalue weighted by Crippen LogP contribution is -2.31. The maximum absolute atomic E-state index is 13.0. The van der Waals surface area contributed by atoms with Crippen LogP contribution >= 0.6 is 0 Å². The second-order valence-electron chi connectivity index (χ2n) is 8.67. The number of hydrogen-bond donors (Lipinski definition) is 2. The molecular weight excluding hydrogens is 488 g/mol. The minimum atomic E-state index is -1.29. The van der Waals surface area contributed by atoms with E-state index in [1.807, 2.05) is 12.1 Å². The number of carbonyl (C=O) groups is 3. The van der Waals surface area contributed by atoms with Crippen molar-refractivity contribution in [3.8, 4) is 23.0 Å². The highest BCUT2D eigenvalue weighted by molar-refractivity contribution is 6.24. The highest BCUT2D eigenvalue weighted by atomic mass is 16.5. The van der Waals surface area contributed by atoms with Crippen molar-refractivity contribution in [2.24, 2.45) is 11.7 Å². The van der Waals surface area contributed by atoms with Crippen molar-refractivity contribution in [1.82, 2.24) is 4.90 Å². The molecule has 0 fully saturated rings. The molecule has 0 bridgehead atoms. The molecular formula is C29H30N2O7. The average Bonchev–Trinajstić information content (AvgIpc) is 2.90. The monoisotopic (exact) mass is 518 g/mol. The number of carbonyl (C=O) groups excluding carboxylic acids is 2. The number of rotatable bonds is 11. The number of amides is 2. The molecule has 198 valence electrons. The summed E-state index contributed by atoms with van der Waals surface area (Å²) in [7, 11) is 6.50. The van der Waals surface area contributed by atoms with Crippen molar-refractivity contribution in [3.63, 3.8) is 0 Å². The van der Waals surface area contributed by atoms with Crippen molar-refractivity contribution in [2.75, 3.05) is 28.3 Å². The van der Waals surface area contributed by atoms with Crippen LogP contribution < -0.4 is 19.9 Å². The predicted molar refractivity (Wildman–Crippen MR) is 143 cm³/mol. The Morgan fingerprint density at radius 3 is 1.84 bits per heavy atom. The second kappa shape index (κ2) is 12.4. The van der Waals surface area contributed by atoms with Crippen LogP contribution in [0, 0.1) is 5.92 Å². The number of ether oxygens (including phenoxy) is 3. The van der Waals surface area contributed by atoms with Gasteiger partial charge in [-0.25, -0.2) is 0 Å². The molecule has 0 saturated carbocycles. The summed E-state index contributed by atoms with van der Waals surface area (Å²) in [4.78, 5) is 37.1. The minimum Gasteiger partial charge on any atom is -0.497 e. The quantitative estimate of drug-likeness (QED) is 0.224. The number of hydrogen-bond acceptors (Lipinski definition) is 6. The van der Waals surface area contributed by atoms with Crippen molar-refractivity contribution in [2.45, 2.75) is 6.42 Å². The highest BCUT2D eigenvalue weighted by Gasteiger charge is 2.24. The SMILES string of the molecule is COc1cc(/C=C(/C(=O)N(C)C)c2ccc(Oc3ccc(CC(C(N)=O)C(=O)O)cc3)cc2)cc(OC)c1. The molecule has 2 amide bonds. The summed E-state index contributed by atoms with van der Waals surface area (Å²) in [5.41, 5.74) is 7.73. The van der Waals surface area contributed by atoms with Crippen LogP contribution in [-0.4, -0.2) is 56.1 Å². The molecule has 0 aliphatic carbocycles. The number of nitrogens with two attached hydrogens (primary N) is 1. The molecule has 3 aromatic rings. The molecule has 0 spiro atoms. The summed E-state index contributed by atoms with van der Waals surface area (Å²) < 4.78 is 16.6. The summed E-state index contributed by atoms with van der Waals surface area (Å²) in [6, 6.07) is 19.2. The van der Waals surface area contributed by atoms with Gasteiger partial charge in [-0.1, -0.05) is 24.3 Å². The molecule has 0 aromatic heterocycles. The van der Waals surface area contributed by atoms with Crippen LogP contribution in [-0.2, 0) is 20.8 Å². The van der Waals surface area contributed by atoms with Gasteiger partial charge in [-0.15, -0.1) is 0 Å². The van der Waals surface area contributed by atoms with E-state index in [2.05, 4.69) is 0 Å². The fraction of sp³-hybridized carbons (Fsp3) is 0.207. The summed E-state index contributed by atoms with van der Waals surface area (Å²) in [5.74, 6) is -1.33. The zero-order chi connectivity index (χ0) is 27.8. The summed E-state index contributed by atoms with van der Waals surface area (Å²) in [6.07, 6.45) is 1.77. The van der Waals surface area contributed by atoms with Gasteiger partial charge in [0.05, 0.1) is 14.2 Å². The Kier molecular flexibility index (Phi) is 9.10. The second-order valence-corrected chi connectivity index (χ2v) is 8.67. The maximum Gasteiger partial charge on any atom is 0.316 e. The topological polar surface area (TPSA) is 128 Å². The molecule has 1 atom stereocenters. The smallest absolute Gasteiger partial charge is 0.316 e. The molecule has 38 heavy (non-hydrogen) atoms. The number of likely N-dealkylation sites (N-methyl/N-ethyl adjacent to an activating group) is 1. The average molecular weight is 519 g/mol. The van der Waals surface area contributed by atoms with Gasteiger partial charge >= 0.3 is 5.97 Å². The van der Waals surface area contributed by atoms with Gasteiger partial charge in [0.25, 0.3) is 5.91 Å². The zero-order valence-electron chi connectivity index (χ0n) is 21.6. The van der Waals surface area contributed by atoms with Gasteiger partial charge in [0.15, 0.2) is 0 Å². The van der Waals surface area contributed by atoms with E-state index in [9.17, 15) is 14.4 Å². The van der Waals surface area contributed by atoms with Crippen LogP contribution in [0.15, 0.2) is 66.7 Å². The number of methoxy groups -OCH3 is 2. The first kappa shape index (κ1) is 27.8. The number of carboxylic acids is 1. The standard InChI is InChI=1S/C29H30N2O7/c1-31(2)28(33)25(16-19-13-23(36-3)17-24(14-19)37-4)20-7-11-22(12-8-20)38-21-9-5-18(6-10-21)15-26(27(30)32)29(34)35/h5-14,16-17,26H,15H2,1-4H3,(H2,30,32)(H,34,35)/b25-16+. The Morgan fingerprint density at radius 1 is 0.868 bits per heavy atom. The summed E-state index contributed by atoms with van der Waals surface area (Å²) >= 11 is 0. The molecule has 9 nitrogen and oxygen atoms in total. The van der Waals surface area contributed by atoms with Crippen LogP contribution in [0.4, 0.5) is 0 Å². The molecule has 0 aliphatic heterocycles. The predicted octanol–water partition coefficient (Wildman–Crippen LogP) is 3.85. The number of carboxylic acid groups (broad SMARTS) is 1. The van der Waals surface area contributed by atoms with Gasteiger partial charge in [-0.2, -0.15) is 0 Å². The summed E-state index contributed by atoms with van der Waals surface area (Å²) in [6.45, 7) is 0. The van der Waals surface area contributed by atoms with E-state index >= 15 is 0 Å². The highest BCUT2D eigenvalue weighted by Crippen LogP contribution is 2.29. The number of aliphatic carboxylic acids is 1. The fourth-order valence-electron chi connectivity index (χ4n) is 3.67. The molecule has 3 rings (SSSR count). The van der Waals surface area contributed by atoms with E-state index in [1.54, 1.807) is 89.0 Å². The Hall–Kier alpha value is -4.79. The third-order valence-electron chi connectivity index (χ3n) is 5.73. The van der Waals surface area contributed by atoms with E-state index in [4.69, 9.17) is 25.1 Å². The van der Waals surface area contributed by atoms with Crippen LogP contribution in [0.25, 0.3) is 11.6 Å². The third kappa shape index (κ3) is 7.13. The van der Waals surface area contributed by atoms with Crippen LogP contribution in [0.3, 0.4) is 0 Å². The Labute approximate surface area is 221 Å². The number of primary amides is 1. The molecule has 0 saturated heterocycles. The lowest BCUT2D eigenvalue weighted by Gasteiger charge is -2.15. The van der Waals surface area contributed by atoms with Gasteiger partial charge in [0, 0.05) is 25.7 Å². The molecule has 9 heteroatoms. The largest absolute Gasteiger partial charge is 0.497 e. The first-order chi connectivity index (χ1) is 18.1. The lowest BCUT2D eigenvalue weighted by molar-refractivity contribution is -0.146. The number of nitrogens with zero attached hydrogens (tertiary/aromatic N) is 1. The van der Waals surface area contributed by atoms with E-state index in [-0.39, 0.29) is 12.3 Å². The van der Waals surface area contributed by atoms with E-state index < -0.39 is 17.8 Å². The van der Waals surface area contributed by atoms with Gasteiger partial charge in [0.2, 0.25) is 5.91 Å². The van der Waals surface area contributed by atoms with Crippen molar-refractivity contribution in [3.05, 3.63) is 83.4 Å². The third-order valence-corrected chi connectivity index (χ3v) is 5.73. The van der Waals surface area contributed by atoms with Crippen molar-refractivity contribution in [1.29, 1.82) is 0 Å². The lowest BCUT2D eigenvalue weighted by atomic mass is 9.99. The fourth-order valence-corrected chi connectivity index (χ4v) is 3.67. The first-order valence-electron chi connectivity index (χ1n) is 11.7. The van der Waals surface area contributed by atoms with Crippen molar-refractivity contribution >= 4 is 29.4 Å². The van der Waals surface area contributed by atoms with Gasteiger partial charge in [-0.3, -0.25) is 14.4 Å².